The number of ketones is 1. The minimum absolute atomic E-state index is 0.0347. The predicted molar refractivity (Wildman–Crippen MR) is 67.2 cm³/mol. The third-order valence-corrected chi connectivity index (χ3v) is 2.94. The van der Waals surface area contributed by atoms with Crippen LogP contribution in [0.3, 0.4) is 0 Å². The molecule has 0 aliphatic carbocycles. The van der Waals surface area contributed by atoms with E-state index in [2.05, 4.69) is 0 Å². The second-order valence-corrected chi connectivity index (χ2v) is 4.41. The molecule has 0 fully saturated rings. The molecule has 1 aromatic carbocycles. The molecule has 0 aliphatic rings. The Morgan fingerprint density at radius 3 is 2.83 bits per heavy atom. The van der Waals surface area contributed by atoms with Crippen LogP contribution in [0.15, 0.2) is 41.0 Å². The minimum Gasteiger partial charge on any atom is -0.469 e. The number of Topliss-reactive ketones (excluding diaryl/α,β-unsaturated/α-hetero) is 1. The van der Waals surface area contributed by atoms with Crippen molar-refractivity contribution in [3.05, 3.63) is 58.8 Å². The second-order valence-electron chi connectivity index (χ2n) is 4.01. The van der Waals surface area contributed by atoms with E-state index in [1.54, 1.807) is 24.5 Å². The summed E-state index contributed by atoms with van der Waals surface area (Å²) in [6, 6.07) is 8.27. The van der Waals surface area contributed by atoms with E-state index in [-0.39, 0.29) is 17.2 Å². The topological polar surface area (TPSA) is 30.2 Å². The summed E-state index contributed by atoms with van der Waals surface area (Å²) < 4.78 is 18.7. The monoisotopic (exact) mass is 266 g/mol. The van der Waals surface area contributed by atoms with E-state index in [0.29, 0.717) is 18.4 Å². The summed E-state index contributed by atoms with van der Waals surface area (Å²) in [6.45, 7) is 0. The average molecular weight is 267 g/mol. The van der Waals surface area contributed by atoms with Crippen molar-refractivity contribution >= 4 is 17.4 Å². The largest absolute Gasteiger partial charge is 0.469 e. The fourth-order valence-corrected chi connectivity index (χ4v) is 1.90. The van der Waals surface area contributed by atoms with Crippen LogP contribution in [0.1, 0.15) is 17.7 Å². The number of carbonyl (C=O) groups is 1. The Hall–Kier alpha value is -1.61. The van der Waals surface area contributed by atoms with Crippen LogP contribution in [-0.4, -0.2) is 5.78 Å². The highest BCUT2D eigenvalue weighted by atomic mass is 35.5. The first kappa shape index (κ1) is 12.8. The maximum absolute atomic E-state index is 13.6. The summed E-state index contributed by atoms with van der Waals surface area (Å²) in [5.74, 6) is 0.216. The highest BCUT2D eigenvalue weighted by Crippen LogP contribution is 2.19. The Labute approximate surface area is 109 Å². The molecule has 0 atom stereocenters. The summed E-state index contributed by atoms with van der Waals surface area (Å²) in [6.07, 6.45) is 2.50. The maximum Gasteiger partial charge on any atom is 0.145 e. The minimum atomic E-state index is -0.509. The molecule has 0 saturated heterocycles. The number of benzene rings is 1. The van der Waals surface area contributed by atoms with Crippen LogP contribution in [0.5, 0.6) is 0 Å². The number of hydrogen-bond donors (Lipinski definition) is 0. The second kappa shape index (κ2) is 5.83. The molecule has 2 rings (SSSR count). The van der Waals surface area contributed by atoms with Gasteiger partial charge in [-0.1, -0.05) is 23.7 Å². The molecule has 94 valence electrons. The van der Waals surface area contributed by atoms with Crippen LogP contribution < -0.4 is 0 Å². The lowest BCUT2D eigenvalue weighted by molar-refractivity contribution is -0.118. The molecule has 1 heterocycles. The molecular weight excluding hydrogens is 255 g/mol. The number of furan rings is 1. The molecule has 0 saturated carbocycles. The fraction of sp³-hybridized carbons (Fsp3) is 0.214. The summed E-state index contributed by atoms with van der Waals surface area (Å²) >= 11 is 5.65. The van der Waals surface area contributed by atoms with E-state index in [9.17, 15) is 9.18 Å². The maximum atomic E-state index is 13.6. The SMILES string of the molecule is O=C(CCc1ccco1)Cc1cccc(Cl)c1F. The number of rotatable bonds is 5. The number of aryl methyl sites for hydroxylation is 1. The van der Waals surface area contributed by atoms with Gasteiger partial charge in [0.15, 0.2) is 0 Å². The van der Waals surface area contributed by atoms with E-state index >= 15 is 0 Å². The molecule has 1 aromatic heterocycles. The third-order valence-electron chi connectivity index (χ3n) is 2.65. The zero-order valence-electron chi connectivity index (χ0n) is 9.66. The van der Waals surface area contributed by atoms with Crippen LogP contribution >= 0.6 is 11.6 Å². The molecule has 0 bridgehead atoms. The smallest absolute Gasteiger partial charge is 0.145 e. The molecule has 0 unspecified atom stereocenters. The standard InChI is InChI=1S/C14H12ClFO2/c15-13-5-1-3-10(14(13)16)9-11(17)6-7-12-4-2-8-18-12/h1-5,8H,6-7,9H2. The van der Waals surface area contributed by atoms with Crippen molar-refractivity contribution in [1.82, 2.24) is 0 Å². The molecule has 2 aromatic rings. The normalized spacial score (nSPS) is 10.6. The lowest BCUT2D eigenvalue weighted by Gasteiger charge is -2.03. The van der Waals surface area contributed by atoms with Crippen molar-refractivity contribution in [2.45, 2.75) is 19.3 Å². The molecule has 18 heavy (non-hydrogen) atoms. The first-order chi connectivity index (χ1) is 8.66. The van der Waals surface area contributed by atoms with Gasteiger partial charge in [-0.3, -0.25) is 4.79 Å². The van der Waals surface area contributed by atoms with Crippen LogP contribution in [0, 0.1) is 5.82 Å². The zero-order valence-corrected chi connectivity index (χ0v) is 10.4. The van der Waals surface area contributed by atoms with Gasteiger partial charge in [-0.25, -0.2) is 4.39 Å². The molecule has 4 heteroatoms. The summed E-state index contributed by atoms with van der Waals surface area (Å²) in [5.41, 5.74) is 0.340. The van der Waals surface area contributed by atoms with E-state index in [4.69, 9.17) is 16.0 Å². The van der Waals surface area contributed by atoms with Crippen LogP contribution in [0.25, 0.3) is 0 Å². The average Bonchev–Trinajstić information content (AvgIpc) is 2.86. The first-order valence-corrected chi connectivity index (χ1v) is 6.01. The Morgan fingerprint density at radius 1 is 1.28 bits per heavy atom. The predicted octanol–water partition coefficient (Wildman–Crippen LogP) is 3.82. The van der Waals surface area contributed by atoms with Gasteiger partial charge in [0.1, 0.15) is 17.4 Å². The molecule has 0 spiro atoms. The fourth-order valence-electron chi connectivity index (χ4n) is 1.70. The molecule has 0 radical (unpaired) electrons. The van der Waals surface area contributed by atoms with Gasteiger partial charge in [-0.15, -0.1) is 0 Å². The lowest BCUT2D eigenvalue weighted by Crippen LogP contribution is -2.05. The highest BCUT2D eigenvalue weighted by molar-refractivity contribution is 6.30. The first-order valence-electron chi connectivity index (χ1n) is 5.64. The van der Waals surface area contributed by atoms with Crippen molar-refractivity contribution in [2.24, 2.45) is 0 Å². The van der Waals surface area contributed by atoms with Gasteiger partial charge in [-0.2, -0.15) is 0 Å². The van der Waals surface area contributed by atoms with Gasteiger partial charge >= 0.3 is 0 Å². The summed E-state index contributed by atoms with van der Waals surface area (Å²) in [7, 11) is 0. The van der Waals surface area contributed by atoms with Gasteiger partial charge in [0.05, 0.1) is 11.3 Å². The van der Waals surface area contributed by atoms with Crippen molar-refractivity contribution in [2.75, 3.05) is 0 Å². The quantitative estimate of drug-likeness (QED) is 0.824. The molecule has 2 nitrogen and oxygen atoms in total. The van der Waals surface area contributed by atoms with Crippen molar-refractivity contribution in [3.63, 3.8) is 0 Å². The number of halogens is 2. The van der Waals surface area contributed by atoms with Gasteiger partial charge in [0.25, 0.3) is 0 Å². The van der Waals surface area contributed by atoms with Gasteiger partial charge < -0.3 is 4.42 Å². The van der Waals surface area contributed by atoms with E-state index in [1.165, 1.54) is 6.07 Å². The third kappa shape index (κ3) is 3.20. The van der Waals surface area contributed by atoms with Crippen molar-refractivity contribution < 1.29 is 13.6 Å². The molecule has 0 aliphatic heterocycles. The Balaban J connectivity index is 1.93. The molecule has 0 N–H and O–H groups in total. The summed E-state index contributed by atoms with van der Waals surface area (Å²) in [5, 5.41) is 0.0475. The van der Waals surface area contributed by atoms with Crippen LogP contribution in [0.2, 0.25) is 5.02 Å². The Kier molecular flexibility index (Phi) is 4.15. The van der Waals surface area contributed by atoms with Gasteiger partial charge in [0, 0.05) is 19.3 Å². The van der Waals surface area contributed by atoms with E-state index in [0.717, 1.165) is 5.76 Å². The van der Waals surface area contributed by atoms with Gasteiger partial charge in [-0.05, 0) is 23.8 Å². The zero-order chi connectivity index (χ0) is 13.0. The summed E-state index contributed by atoms with van der Waals surface area (Å²) in [4.78, 5) is 11.7. The van der Waals surface area contributed by atoms with Gasteiger partial charge in [0.2, 0.25) is 0 Å². The van der Waals surface area contributed by atoms with Crippen LogP contribution in [-0.2, 0) is 17.6 Å². The number of carbonyl (C=O) groups excluding carboxylic acids is 1. The Bertz CT molecular complexity index is 535. The van der Waals surface area contributed by atoms with Crippen LogP contribution in [0.4, 0.5) is 4.39 Å². The van der Waals surface area contributed by atoms with E-state index < -0.39 is 5.82 Å². The van der Waals surface area contributed by atoms with Crippen molar-refractivity contribution in [1.29, 1.82) is 0 Å². The van der Waals surface area contributed by atoms with E-state index in [1.807, 2.05) is 6.07 Å². The Morgan fingerprint density at radius 2 is 2.11 bits per heavy atom. The highest BCUT2D eigenvalue weighted by Gasteiger charge is 2.11. The van der Waals surface area contributed by atoms with Crippen molar-refractivity contribution in [3.8, 4) is 0 Å². The number of hydrogen-bond acceptors (Lipinski definition) is 2. The molecule has 0 amide bonds. The molecular formula is C14H12ClFO2. The lowest BCUT2D eigenvalue weighted by atomic mass is 10.0.